The molecule has 2 rings (SSSR count). The minimum absolute atomic E-state index is 0.228. The lowest BCUT2D eigenvalue weighted by Gasteiger charge is -1.90. The van der Waals surface area contributed by atoms with Crippen LogP contribution >= 0.6 is 11.3 Å². The second-order valence-electron chi connectivity index (χ2n) is 3.39. The van der Waals surface area contributed by atoms with Crippen molar-refractivity contribution in [3.8, 4) is 0 Å². The van der Waals surface area contributed by atoms with E-state index in [9.17, 15) is 14.9 Å². The first kappa shape index (κ1) is 12.9. The highest BCUT2D eigenvalue weighted by Gasteiger charge is 2.10. The van der Waals surface area contributed by atoms with Gasteiger partial charge in [0, 0.05) is 6.92 Å². The number of rotatable bonds is 4. The van der Waals surface area contributed by atoms with Gasteiger partial charge in [-0.3, -0.25) is 14.9 Å². The highest BCUT2D eigenvalue weighted by atomic mass is 32.1. The Kier molecular flexibility index (Phi) is 3.66. The lowest BCUT2D eigenvalue weighted by Crippen LogP contribution is -2.04. The molecule has 19 heavy (non-hydrogen) atoms. The molecule has 0 aliphatic rings. The van der Waals surface area contributed by atoms with Crippen molar-refractivity contribution in [2.75, 3.05) is 5.32 Å². The summed E-state index contributed by atoms with van der Waals surface area (Å²) in [5.74, 6) is -0.216. The van der Waals surface area contributed by atoms with E-state index in [0.29, 0.717) is 15.9 Å². The molecule has 9 heteroatoms. The maximum atomic E-state index is 10.8. The maximum absolute atomic E-state index is 10.8. The highest BCUT2D eigenvalue weighted by molar-refractivity contribution is 7.16. The summed E-state index contributed by atoms with van der Waals surface area (Å²) in [6, 6.07) is 2.74. The van der Waals surface area contributed by atoms with Gasteiger partial charge in [-0.2, -0.15) is 0 Å². The third-order valence-electron chi connectivity index (χ3n) is 1.91. The summed E-state index contributed by atoms with van der Waals surface area (Å²) < 4.78 is 4.94. The number of anilines is 1. The summed E-state index contributed by atoms with van der Waals surface area (Å²) >= 11 is 1.18. The Morgan fingerprint density at radius 3 is 2.89 bits per heavy atom. The van der Waals surface area contributed by atoms with Crippen LogP contribution in [0, 0.1) is 10.1 Å². The summed E-state index contributed by atoms with van der Waals surface area (Å²) in [6.07, 6.45) is 3.12. The number of hydrogen-bond acceptors (Lipinski definition) is 7. The number of amides is 1. The van der Waals surface area contributed by atoms with Crippen molar-refractivity contribution in [3.63, 3.8) is 0 Å². The topological polar surface area (TPSA) is 111 Å². The molecule has 1 N–H and O–H groups in total. The molecule has 0 spiro atoms. The molecule has 0 saturated carbocycles. The number of aromatic nitrogens is 2. The van der Waals surface area contributed by atoms with E-state index in [1.54, 1.807) is 6.08 Å². The van der Waals surface area contributed by atoms with Crippen LogP contribution in [-0.4, -0.2) is 21.0 Å². The van der Waals surface area contributed by atoms with E-state index in [2.05, 4.69) is 15.5 Å². The molecule has 0 aromatic carbocycles. The first-order chi connectivity index (χ1) is 9.04. The minimum atomic E-state index is -0.614. The number of furan rings is 1. The van der Waals surface area contributed by atoms with Crippen LogP contribution in [0.2, 0.25) is 0 Å². The van der Waals surface area contributed by atoms with E-state index in [1.807, 2.05) is 0 Å². The van der Waals surface area contributed by atoms with Crippen molar-refractivity contribution in [2.45, 2.75) is 6.92 Å². The fourth-order valence-corrected chi connectivity index (χ4v) is 1.88. The van der Waals surface area contributed by atoms with E-state index in [4.69, 9.17) is 4.42 Å². The first-order valence-corrected chi connectivity index (χ1v) is 5.89. The Morgan fingerprint density at radius 2 is 2.26 bits per heavy atom. The largest absolute Gasteiger partial charge is 0.433 e. The number of nitrogens with zero attached hydrogens (tertiary/aromatic N) is 3. The molecule has 98 valence electrons. The maximum Gasteiger partial charge on any atom is 0.433 e. The van der Waals surface area contributed by atoms with Crippen molar-refractivity contribution in [1.29, 1.82) is 0 Å². The molecule has 0 unspecified atom stereocenters. The van der Waals surface area contributed by atoms with Crippen LogP contribution in [0.1, 0.15) is 17.7 Å². The van der Waals surface area contributed by atoms with Crippen LogP contribution in [0.3, 0.4) is 0 Å². The van der Waals surface area contributed by atoms with Crippen LogP contribution in [0.15, 0.2) is 16.5 Å². The molecule has 2 heterocycles. The Hall–Kier alpha value is -2.55. The number of carbonyl (C=O) groups excluding carboxylic acids is 1. The van der Waals surface area contributed by atoms with Crippen LogP contribution < -0.4 is 5.32 Å². The predicted octanol–water partition coefficient (Wildman–Crippen LogP) is 2.17. The number of nitrogens with one attached hydrogen (secondary N) is 1. The molecular weight excluding hydrogens is 272 g/mol. The van der Waals surface area contributed by atoms with Crippen LogP contribution in [0.4, 0.5) is 11.0 Å². The zero-order valence-electron chi connectivity index (χ0n) is 9.69. The van der Waals surface area contributed by atoms with Crippen LogP contribution in [0.5, 0.6) is 0 Å². The summed E-state index contributed by atoms with van der Waals surface area (Å²) in [5.41, 5.74) is 0. The zero-order chi connectivity index (χ0) is 13.8. The molecule has 8 nitrogen and oxygen atoms in total. The first-order valence-electron chi connectivity index (χ1n) is 5.08. The fraction of sp³-hybridized carbons (Fsp3) is 0.100. The molecule has 0 saturated heterocycles. The number of hydrogen-bond donors (Lipinski definition) is 1. The van der Waals surface area contributed by atoms with Gasteiger partial charge in [-0.15, -0.1) is 10.2 Å². The monoisotopic (exact) mass is 280 g/mol. The van der Waals surface area contributed by atoms with Gasteiger partial charge in [0.15, 0.2) is 0 Å². The predicted molar refractivity (Wildman–Crippen MR) is 68.5 cm³/mol. The van der Waals surface area contributed by atoms with Gasteiger partial charge in [-0.05, 0) is 18.2 Å². The highest BCUT2D eigenvalue weighted by Crippen LogP contribution is 2.20. The van der Waals surface area contributed by atoms with Crippen molar-refractivity contribution in [3.05, 3.63) is 33.0 Å². The third-order valence-corrected chi connectivity index (χ3v) is 2.71. The zero-order valence-corrected chi connectivity index (χ0v) is 10.5. The average molecular weight is 280 g/mol. The van der Waals surface area contributed by atoms with Gasteiger partial charge in [0.2, 0.25) is 11.0 Å². The lowest BCUT2D eigenvalue weighted by atomic mass is 10.4. The summed E-state index contributed by atoms with van der Waals surface area (Å²) in [6.45, 7) is 1.37. The summed E-state index contributed by atoms with van der Waals surface area (Å²) in [5, 5.41) is 21.4. The van der Waals surface area contributed by atoms with Gasteiger partial charge in [0.05, 0.1) is 6.07 Å². The second kappa shape index (κ2) is 5.40. The van der Waals surface area contributed by atoms with Crippen LogP contribution in [-0.2, 0) is 4.79 Å². The smallest absolute Gasteiger partial charge is 0.401 e. The van der Waals surface area contributed by atoms with Gasteiger partial charge in [0.25, 0.3) is 0 Å². The van der Waals surface area contributed by atoms with Gasteiger partial charge in [-0.1, -0.05) is 11.3 Å². The molecule has 1 amide bonds. The van der Waals surface area contributed by atoms with Gasteiger partial charge < -0.3 is 9.73 Å². The quantitative estimate of drug-likeness (QED) is 0.678. The Labute approximate surface area is 110 Å². The summed E-state index contributed by atoms with van der Waals surface area (Å²) in [4.78, 5) is 20.6. The fourth-order valence-electron chi connectivity index (χ4n) is 1.19. The molecule has 0 bridgehead atoms. The standard InChI is InChI=1S/C10H8N4O4S/c1-6(15)11-10-13-12-8(19-10)4-2-7-3-5-9(18-7)14(16)17/h2-5H,1H3,(H,11,13,15). The third kappa shape index (κ3) is 3.45. The SMILES string of the molecule is CC(=O)Nc1nnc(C=Cc2ccc([N+](=O)[O-])o2)s1. The van der Waals surface area contributed by atoms with E-state index in [0.717, 1.165) is 0 Å². The van der Waals surface area contributed by atoms with Crippen LogP contribution in [0.25, 0.3) is 12.2 Å². The normalized spacial score (nSPS) is 10.8. The molecule has 2 aromatic rings. The van der Waals surface area contributed by atoms with Gasteiger partial charge >= 0.3 is 5.88 Å². The molecule has 2 aromatic heterocycles. The number of nitro groups is 1. The Morgan fingerprint density at radius 1 is 1.47 bits per heavy atom. The second-order valence-corrected chi connectivity index (χ2v) is 4.40. The molecule has 0 atom stereocenters. The van der Waals surface area contributed by atoms with Gasteiger partial charge in [-0.25, -0.2) is 0 Å². The van der Waals surface area contributed by atoms with E-state index in [1.165, 1.54) is 36.5 Å². The molecule has 0 fully saturated rings. The van der Waals surface area contributed by atoms with E-state index >= 15 is 0 Å². The molecule has 0 aliphatic heterocycles. The molecule has 0 radical (unpaired) electrons. The minimum Gasteiger partial charge on any atom is -0.401 e. The number of carbonyl (C=O) groups is 1. The molecule has 0 aliphatic carbocycles. The molecular formula is C10H8N4O4S. The van der Waals surface area contributed by atoms with Crippen molar-refractivity contribution in [1.82, 2.24) is 10.2 Å². The summed E-state index contributed by atoms with van der Waals surface area (Å²) in [7, 11) is 0. The van der Waals surface area contributed by atoms with Crippen molar-refractivity contribution in [2.24, 2.45) is 0 Å². The van der Waals surface area contributed by atoms with E-state index in [-0.39, 0.29) is 11.8 Å². The average Bonchev–Trinajstić information content (AvgIpc) is 2.94. The van der Waals surface area contributed by atoms with Crippen molar-refractivity contribution >= 4 is 40.4 Å². The van der Waals surface area contributed by atoms with Crippen molar-refractivity contribution < 1.29 is 14.1 Å². The Balaban J connectivity index is 2.07. The van der Waals surface area contributed by atoms with Gasteiger partial charge in [0.1, 0.15) is 15.7 Å². The van der Waals surface area contributed by atoms with E-state index < -0.39 is 4.92 Å². The Bertz CT molecular complexity index is 646. The lowest BCUT2D eigenvalue weighted by molar-refractivity contribution is -0.402.